The highest BCUT2D eigenvalue weighted by Crippen LogP contribution is 2.22. The zero-order valence-electron chi connectivity index (χ0n) is 11.8. The molecular formula is C15H18FNO4. The molecule has 1 saturated heterocycles. The number of hydrogen-bond donors (Lipinski definition) is 1. The van der Waals surface area contributed by atoms with Crippen molar-refractivity contribution in [1.29, 1.82) is 0 Å². The number of nitrogens with zero attached hydrogens (tertiary/aromatic N) is 1. The molecule has 2 unspecified atom stereocenters. The Labute approximate surface area is 122 Å². The first-order valence-electron chi connectivity index (χ1n) is 6.95. The molecule has 21 heavy (non-hydrogen) atoms. The Morgan fingerprint density at radius 3 is 2.76 bits per heavy atom. The molecule has 1 N–H and O–H groups in total. The number of aliphatic carboxylic acids is 1. The van der Waals surface area contributed by atoms with Gasteiger partial charge in [-0.05, 0) is 25.0 Å². The molecule has 1 aliphatic heterocycles. The van der Waals surface area contributed by atoms with Crippen LogP contribution < -0.4 is 4.74 Å². The summed E-state index contributed by atoms with van der Waals surface area (Å²) in [6.45, 7) is 2.35. The second kappa shape index (κ2) is 6.56. The normalized spacial score (nSPS) is 19.3. The van der Waals surface area contributed by atoms with E-state index in [0.29, 0.717) is 19.4 Å². The number of amides is 1. The van der Waals surface area contributed by atoms with Crippen LogP contribution in [-0.4, -0.2) is 41.1 Å². The van der Waals surface area contributed by atoms with Crippen LogP contribution >= 0.6 is 0 Å². The number of likely N-dealkylation sites (tertiary alicyclic amines) is 1. The molecule has 0 radical (unpaired) electrons. The number of carbonyl (C=O) groups excluding carboxylic acids is 1. The maximum atomic E-state index is 13.6. The van der Waals surface area contributed by atoms with Gasteiger partial charge in [-0.3, -0.25) is 9.59 Å². The summed E-state index contributed by atoms with van der Waals surface area (Å²) in [5.74, 6) is -2.20. The van der Waals surface area contributed by atoms with Crippen molar-refractivity contribution in [2.75, 3.05) is 13.1 Å². The van der Waals surface area contributed by atoms with Crippen LogP contribution in [0.3, 0.4) is 0 Å². The van der Waals surface area contributed by atoms with Gasteiger partial charge in [-0.1, -0.05) is 19.1 Å². The molecule has 2 rings (SSSR count). The van der Waals surface area contributed by atoms with Crippen LogP contribution in [0.25, 0.3) is 0 Å². The summed E-state index contributed by atoms with van der Waals surface area (Å²) in [5.41, 5.74) is 0. The monoisotopic (exact) mass is 295 g/mol. The van der Waals surface area contributed by atoms with Crippen LogP contribution in [0.15, 0.2) is 24.3 Å². The van der Waals surface area contributed by atoms with Gasteiger partial charge in [0.25, 0.3) is 5.91 Å². The first-order chi connectivity index (χ1) is 10.0. The van der Waals surface area contributed by atoms with Gasteiger partial charge in [0.15, 0.2) is 17.7 Å². The average Bonchev–Trinajstić information content (AvgIpc) is 2.96. The Bertz CT molecular complexity index is 534. The van der Waals surface area contributed by atoms with Gasteiger partial charge in [-0.15, -0.1) is 0 Å². The molecule has 114 valence electrons. The van der Waals surface area contributed by atoms with E-state index in [1.807, 2.05) is 0 Å². The van der Waals surface area contributed by atoms with E-state index in [4.69, 9.17) is 9.84 Å². The highest BCUT2D eigenvalue weighted by atomic mass is 19.1. The predicted octanol–water partition coefficient (Wildman–Crippen LogP) is 1.92. The van der Waals surface area contributed by atoms with Crippen LogP contribution in [0.2, 0.25) is 0 Å². The zero-order chi connectivity index (χ0) is 15.4. The van der Waals surface area contributed by atoms with Crippen molar-refractivity contribution >= 4 is 11.9 Å². The van der Waals surface area contributed by atoms with E-state index in [9.17, 15) is 14.0 Å². The molecule has 1 fully saturated rings. The van der Waals surface area contributed by atoms with Gasteiger partial charge in [0.1, 0.15) is 0 Å². The Kier molecular flexibility index (Phi) is 4.77. The fourth-order valence-electron chi connectivity index (χ4n) is 2.37. The standard InChI is InChI=1S/C15H18FNO4/c1-2-12(21-13-6-4-3-5-11(13)16)14(18)17-8-7-10(9-17)15(19)20/h3-6,10,12H,2,7-9H2,1H3,(H,19,20). The van der Waals surface area contributed by atoms with E-state index < -0.39 is 23.8 Å². The molecule has 0 saturated carbocycles. The molecule has 1 aromatic carbocycles. The summed E-state index contributed by atoms with van der Waals surface area (Å²) in [5, 5.41) is 8.96. The fourth-order valence-corrected chi connectivity index (χ4v) is 2.37. The van der Waals surface area contributed by atoms with Crippen molar-refractivity contribution in [1.82, 2.24) is 4.90 Å². The van der Waals surface area contributed by atoms with Gasteiger partial charge in [-0.2, -0.15) is 0 Å². The average molecular weight is 295 g/mol. The molecule has 0 aromatic heterocycles. The van der Waals surface area contributed by atoms with E-state index in [0.717, 1.165) is 0 Å². The molecule has 0 aliphatic carbocycles. The summed E-state index contributed by atoms with van der Waals surface area (Å²) in [6, 6.07) is 5.91. The van der Waals surface area contributed by atoms with Crippen LogP contribution in [0, 0.1) is 11.7 Å². The number of hydrogen-bond acceptors (Lipinski definition) is 3. The minimum Gasteiger partial charge on any atom is -0.481 e. The van der Waals surface area contributed by atoms with Crippen LogP contribution in [-0.2, 0) is 9.59 Å². The van der Waals surface area contributed by atoms with E-state index in [1.165, 1.54) is 17.0 Å². The van der Waals surface area contributed by atoms with Gasteiger partial charge in [0.2, 0.25) is 0 Å². The molecule has 2 atom stereocenters. The molecule has 6 heteroatoms. The van der Waals surface area contributed by atoms with Crippen molar-refractivity contribution < 1.29 is 23.8 Å². The highest BCUT2D eigenvalue weighted by molar-refractivity contribution is 5.82. The maximum absolute atomic E-state index is 13.6. The Balaban J connectivity index is 2.03. The number of carboxylic acid groups (broad SMARTS) is 1. The lowest BCUT2D eigenvalue weighted by Gasteiger charge is -2.23. The van der Waals surface area contributed by atoms with Gasteiger partial charge < -0.3 is 14.7 Å². The van der Waals surface area contributed by atoms with Crippen molar-refractivity contribution in [3.05, 3.63) is 30.1 Å². The quantitative estimate of drug-likeness (QED) is 0.901. The Morgan fingerprint density at radius 2 is 2.19 bits per heavy atom. The van der Waals surface area contributed by atoms with Crippen molar-refractivity contribution in [3.63, 3.8) is 0 Å². The van der Waals surface area contributed by atoms with E-state index in [1.54, 1.807) is 19.1 Å². The number of carbonyl (C=O) groups is 2. The van der Waals surface area contributed by atoms with Crippen molar-refractivity contribution in [3.8, 4) is 5.75 Å². The molecule has 1 aliphatic rings. The number of benzene rings is 1. The Morgan fingerprint density at radius 1 is 1.48 bits per heavy atom. The highest BCUT2D eigenvalue weighted by Gasteiger charge is 2.34. The summed E-state index contributed by atoms with van der Waals surface area (Å²) in [7, 11) is 0. The van der Waals surface area contributed by atoms with Crippen molar-refractivity contribution in [2.24, 2.45) is 5.92 Å². The van der Waals surface area contributed by atoms with E-state index in [-0.39, 0.29) is 18.2 Å². The van der Waals surface area contributed by atoms with Crippen LogP contribution in [0.4, 0.5) is 4.39 Å². The first-order valence-corrected chi connectivity index (χ1v) is 6.95. The third-order valence-electron chi connectivity index (χ3n) is 3.60. The smallest absolute Gasteiger partial charge is 0.308 e. The molecule has 1 amide bonds. The lowest BCUT2D eigenvalue weighted by atomic mass is 10.1. The van der Waals surface area contributed by atoms with Gasteiger partial charge in [0.05, 0.1) is 5.92 Å². The first kappa shape index (κ1) is 15.3. The number of rotatable bonds is 5. The minimum atomic E-state index is -0.895. The third-order valence-corrected chi connectivity index (χ3v) is 3.60. The summed E-state index contributed by atoms with van der Waals surface area (Å²) >= 11 is 0. The van der Waals surface area contributed by atoms with Gasteiger partial charge in [0, 0.05) is 13.1 Å². The SMILES string of the molecule is CCC(Oc1ccccc1F)C(=O)N1CCC(C(=O)O)C1. The second-order valence-corrected chi connectivity index (χ2v) is 5.05. The topological polar surface area (TPSA) is 66.8 Å². The van der Waals surface area contributed by atoms with Crippen LogP contribution in [0.5, 0.6) is 5.75 Å². The summed E-state index contributed by atoms with van der Waals surface area (Å²) < 4.78 is 19.0. The van der Waals surface area contributed by atoms with E-state index in [2.05, 4.69) is 0 Å². The number of carboxylic acids is 1. The van der Waals surface area contributed by atoms with E-state index >= 15 is 0 Å². The minimum absolute atomic E-state index is 0.0340. The Hall–Kier alpha value is -2.11. The molecule has 5 nitrogen and oxygen atoms in total. The largest absolute Gasteiger partial charge is 0.481 e. The number of para-hydroxylation sites is 1. The number of ether oxygens (including phenoxy) is 1. The molecule has 0 spiro atoms. The van der Waals surface area contributed by atoms with Crippen molar-refractivity contribution in [2.45, 2.75) is 25.9 Å². The van der Waals surface area contributed by atoms with Crippen LogP contribution in [0.1, 0.15) is 19.8 Å². The second-order valence-electron chi connectivity index (χ2n) is 5.05. The predicted molar refractivity (Wildman–Crippen MR) is 73.4 cm³/mol. The summed E-state index contributed by atoms with van der Waals surface area (Å²) in [6.07, 6.45) is 0.0351. The third kappa shape index (κ3) is 3.51. The number of halogens is 1. The molecule has 0 bridgehead atoms. The zero-order valence-corrected chi connectivity index (χ0v) is 11.8. The lowest BCUT2D eigenvalue weighted by Crippen LogP contribution is -2.41. The fraction of sp³-hybridized carbons (Fsp3) is 0.467. The molecule has 1 heterocycles. The van der Waals surface area contributed by atoms with Gasteiger partial charge >= 0.3 is 5.97 Å². The molecular weight excluding hydrogens is 277 g/mol. The van der Waals surface area contributed by atoms with Gasteiger partial charge in [-0.25, -0.2) is 4.39 Å². The summed E-state index contributed by atoms with van der Waals surface area (Å²) in [4.78, 5) is 24.8. The maximum Gasteiger partial charge on any atom is 0.308 e. The lowest BCUT2D eigenvalue weighted by molar-refractivity contribution is -0.142. The molecule has 1 aromatic rings.